The molecular weight excluding hydrogens is 184 g/mol. The van der Waals surface area contributed by atoms with E-state index in [2.05, 4.69) is 10.2 Å². The zero-order valence-corrected chi connectivity index (χ0v) is 8.53. The fraction of sp³-hybridized carbons (Fsp3) is 0.556. The predicted molar refractivity (Wildman–Crippen MR) is 49.9 cm³/mol. The van der Waals surface area contributed by atoms with Gasteiger partial charge in [-0.1, -0.05) is 0 Å². The summed E-state index contributed by atoms with van der Waals surface area (Å²) >= 11 is 0. The van der Waals surface area contributed by atoms with Gasteiger partial charge in [0.25, 0.3) is 0 Å². The Morgan fingerprint density at radius 1 is 1.64 bits per heavy atom. The van der Waals surface area contributed by atoms with Crippen LogP contribution in [0.2, 0.25) is 0 Å². The summed E-state index contributed by atoms with van der Waals surface area (Å²) < 4.78 is 10.2. The largest absolute Gasteiger partial charge is 0.463 e. The first kappa shape index (κ1) is 10.6. The standard InChI is InChI=1S/C9H14N2O3/c1-4-13-8(12)9(2,3)14-7-5-6-10-11-7/h5-6H,4H2,1-3H3,(H,10,11). The Morgan fingerprint density at radius 3 is 2.86 bits per heavy atom. The van der Waals surface area contributed by atoms with Crippen LogP contribution in [0.5, 0.6) is 5.88 Å². The van der Waals surface area contributed by atoms with E-state index in [-0.39, 0.29) is 0 Å². The van der Waals surface area contributed by atoms with Crippen molar-refractivity contribution in [1.82, 2.24) is 10.2 Å². The summed E-state index contributed by atoms with van der Waals surface area (Å²) in [4.78, 5) is 11.4. The molecule has 0 spiro atoms. The maximum atomic E-state index is 11.4. The minimum atomic E-state index is -1.01. The van der Waals surface area contributed by atoms with Crippen molar-refractivity contribution in [3.05, 3.63) is 12.3 Å². The Hall–Kier alpha value is -1.52. The van der Waals surface area contributed by atoms with Gasteiger partial charge in [0.05, 0.1) is 6.61 Å². The molecule has 0 unspecified atom stereocenters. The van der Waals surface area contributed by atoms with Crippen molar-refractivity contribution in [2.24, 2.45) is 0 Å². The molecule has 1 aromatic rings. The van der Waals surface area contributed by atoms with Crippen LogP contribution in [0.3, 0.4) is 0 Å². The maximum absolute atomic E-state index is 11.4. The number of H-pyrrole nitrogens is 1. The number of ether oxygens (including phenoxy) is 2. The molecule has 5 heteroatoms. The number of aromatic amines is 1. The Bertz CT molecular complexity index is 293. The molecule has 0 saturated carbocycles. The Balaban J connectivity index is 2.61. The average molecular weight is 198 g/mol. The summed E-state index contributed by atoms with van der Waals surface area (Å²) in [5, 5.41) is 6.39. The third-order valence-corrected chi connectivity index (χ3v) is 1.60. The van der Waals surface area contributed by atoms with E-state index in [4.69, 9.17) is 9.47 Å². The van der Waals surface area contributed by atoms with Gasteiger partial charge < -0.3 is 9.47 Å². The van der Waals surface area contributed by atoms with Gasteiger partial charge in [-0.25, -0.2) is 4.79 Å². The lowest BCUT2D eigenvalue weighted by Gasteiger charge is -2.22. The summed E-state index contributed by atoms with van der Waals surface area (Å²) in [6.07, 6.45) is 1.62. The summed E-state index contributed by atoms with van der Waals surface area (Å²) in [5.41, 5.74) is -1.01. The number of hydrogen-bond donors (Lipinski definition) is 1. The fourth-order valence-corrected chi connectivity index (χ4v) is 0.912. The SMILES string of the molecule is CCOC(=O)C(C)(C)Oc1cc[nH]n1. The van der Waals surface area contributed by atoms with Crippen molar-refractivity contribution in [3.63, 3.8) is 0 Å². The number of esters is 1. The highest BCUT2D eigenvalue weighted by Gasteiger charge is 2.32. The topological polar surface area (TPSA) is 64.2 Å². The van der Waals surface area contributed by atoms with Crippen LogP contribution < -0.4 is 4.74 Å². The molecule has 1 rings (SSSR count). The number of nitrogens with one attached hydrogen (secondary N) is 1. The summed E-state index contributed by atoms with van der Waals surface area (Å²) in [5.74, 6) is -0.0222. The van der Waals surface area contributed by atoms with Crippen molar-refractivity contribution >= 4 is 5.97 Å². The van der Waals surface area contributed by atoms with Gasteiger partial charge >= 0.3 is 5.97 Å². The van der Waals surface area contributed by atoms with Crippen LogP contribution in [0.4, 0.5) is 0 Å². The Labute approximate surface area is 82.4 Å². The van der Waals surface area contributed by atoms with Crippen LogP contribution in [-0.2, 0) is 9.53 Å². The smallest absolute Gasteiger partial charge is 0.349 e. The van der Waals surface area contributed by atoms with Crippen LogP contribution in [0.15, 0.2) is 12.3 Å². The molecular formula is C9H14N2O3. The van der Waals surface area contributed by atoms with Gasteiger partial charge in [0.1, 0.15) is 0 Å². The molecule has 14 heavy (non-hydrogen) atoms. The van der Waals surface area contributed by atoms with Crippen molar-refractivity contribution in [2.45, 2.75) is 26.4 Å². The first-order chi connectivity index (χ1) is 6.56. The van der Waals surface area contributed by atoms with Crippen molar-refractivity contribution in [3.8, 4) is 5.88 Å². The van der Waals surface area contributed by atoms with Crippen LogP contribution in [-0.4, -0.2) is 28.4 Å². The molecule has 1 aromatic heterocycles. The maximum Gasteiger partial charge on any atom is 0.349 e. The monoisotopic (exact) mass is 198 g/mol. The molecule has 1 N–H and O–H groups in total. The van der Waals surface area contributed by atoms with E-state index in [1.54, 1.807) is 33.0 Å². The lowest BCUT2D eigenvalue weighted by atomic mass is 10.1. The molecule has 0 aliphatic rings. The van der Waals surface area contributed by atoms with Gasteiger partial charge in [0.2, 0.25) is 11.5 Å². The number of aromatic nitrogens is 2. The number of carbonyl (C=O) groups excluding carboxylic acids is 1. The Kier molecular flexibility index (Phi) is 3.11. The van der Waals surface area contributed by atoms with E-state index in [1.165, 1.54) is 0 Å². The summed E-state index contributed by atoms with van der Waals surface area (Å²) in [6, 6.07) is 1.64. The fourth-order valence-electron chi connectivity index (χ4n) is 0.912. The van der Waals surface area contributed by atoms with E-state index < -0.39 is 11.6 Å². The second-order valence-electron chi connectivity index (χ2n) is 3.25. The molecule has 0 atom stereocenters. The van der Waals surface area contributed by atoms with Crippen LogP contribution in [0, 0.1) is 0 Å². The van der Waals surface area contributed by atoms with Crippen molar-refractivity contribution in [1.29, 1.82) is 0 Å². The highest BCUT2D eigenvalue weighted by atomic mass is 16.6. The first-order valence-electron chi connectivity index (χ1n) is 4.42. The molecule has 5 nitrogen and oxygen atoms in total. The van der Waals surface area contributed by atoms with Crippen LogP contribution >= 0.6 is 0 Å². The van der Waals surface area contributed by atoms with Gasteiger partial charge in [0, 0.05) is 12.3 Å². The summed E-state index contributed by atoms with van der Waals surface area (Å²) in [7, 11) is 0. The molecule has 1 heterocycles. The second-order valence-corrected chi connectivity index (χ2v) is 3.25. The second kappa shape index (κ2) is 4.13. The van der Waals surface area contributed by atoms with Crippen molar-refractivity contribution in [2.75, 3.05) is 6.61 Å². The molecule has 0 saturated heterocycles. The van der Waals surface area contributed by atoms with Crippen LogP contribution in [0.1, 0.15) is 20.8 Å². The molecule has 0 fully saturated rings. The van der Waals surface area contributed by atoms with Gasteiger partial charge in [-0.15, -0.1) is 5.10 Å². The highest BCUT2D eigenvalue weighted by Crippen LogP contribution is 2.16. The normalized spacial score (nSPS) is 11.1. The molecule has 0 bridgehead atoms. The molecule has 0 aliphatic carbocycles. The minimum Gasteiger partial charge on any atom is -0.463 e. The van der Waals surface area contributed by atoms with E-state index in [9.17, 15) is 4.79 Å². The third-order valence-electron chi connectivity index (χ3n) is 1.60. The number of rotatable bonds is 4. The van der Waals surface area contributed by atoms with Gasteiger partial charge in [-0.2, -0.15) is 0 Å². The average Bonchev–Trinajstić information content (AvgIpc) is 2.56. The van der Waals surface area contributed by atoms with E-state index in [0.717, 1.165) is 0 Å². The van der Waals surface area contributed by atoms with E-state index >= 15 is 0 Å². The van der Waals surface area contributed by atoms with E-state index in [0.29, 0.717) is 12.5 Å². The highest BCUT2D eigenvalue weighted by molar-refractivity contribution is 5.78. The van der Waals surface area contributed by atoms with E-state index in [1.807, 2.05) is 0 Å². The zero-order valence-electron chi connectivity index (χ0n) is 8.53. The first-order valence-corrected chi connectivity index (χ1v) is 4.42. The summed E-state index contributed by atoms with van der Waals surface area (Å²) in [6.45, 7) is 5.37. The molecule has 0 aromatic carbocycles. The molecule has 0 radical (unpaired) electrons. The molecule has 0 amide bonds. The van der Waals surface area contributed by atoms with Crippen molar-refractivity contribution < 1.29 is 14.3 Å². The Morgan fingerprint density at radius 2 is 2.36 bits per heavy atom. The number of nitrogens with zero attached hydrogens (tertiary/aromatic N) is 1. The number of hydrogen-bond acceptors (Lipinski definition) is 4. The lowest BCUT2D eigenvalue weighted by molar-refractivity contribution is -0.158. The molecule has 78 valence electrons. The zero-order chi connectivity index (χ0) is 10.6. The van der Waals surface area contributed by atoms with Gasteiger partial charge in [0.15, 0.2) is 0 Å². The van der Waals surface area contributed by atoms with Crippen LogP contribution in [0.25, 0.3) is 0 Å². The van der Waals surface area contributed by atoms with Gasteiger partial charge in [-0.05, 0) is 20.8 Å². The predicted octanol–water partition coefficient (Wildman–Crippen LogP) is 1.13. The number of carbonyl (C=O) groups is 1. The minimum absolute atomic E-state index is 0.339. The quantitative estimate of drug-likeness (QED) is 0.736. The molecule has 0 aliphatic heterocycles. The van der Waals surface area contributed by atoms with Gasteiger partial charge in [-0.3, -0.25) is 5.10 Å². The lowest BCUT2D eigenvalue weighted by Crippen LogP contribution is -2.39. The third kappa shape index (κ3) is 2.48.